The molecule has 1 fully saturated rings. The number of thiocarbonyl (C=S) groups is 1. The van der Waals surface area contributed by atoms with Crippen LogP contribution in [0.5, 0.6) is 0 Å². The molecule has 2 rings (SSSR count). The summed E-state index contributed by atoms with van der Waals surface area (Å²) in [6.45, 7) is 2.29. The molecule has 9 nitrogen and oxygen atoms in total. The predicted molar refractivity (Wildman–Crippen MR) is 94.8 cm³/mol. The molecule has 1 saturated heterocycles. The molecule has 1 aromatic rings. The second-order valence-electron chi connectivity index (χ2n) is 5.29. The van der Waals surface area contributed by atoms with E-state index in [-0.39, 0.29) is 17.9 Å². The molecule has 11 heteroatoms. The molecular weight excluding hydrogens is 367 g/mol. The Labute approximate surface area is 153 Å². The van der Waals surface area contributed by atoms with Gasteiger partial charge in [0.2, 0.25) is 0 Å². The average molecular weight is 384 g/mol. The zero-order valence-electron chi connectivity index (χ0n) is 14.0. The molecule has 1 aromatic carbocycles. The monoisotopic (exact) mass is 384 g/mol. The lowest BCUT2D eigenvalue weighted by Gasteiger charge is -2.15. The van der Waals surface area contributed by atoms with Gasteiger partial charge in [0.25, 0.3) is 0 Å². The number of methoxy groups -OCH3 is 1. The summed E-state index contributed by atoms with van der Waals surface area (Å²) in [7, 11) is 1.09. The number of alkyl carbamates (subject to hydrolysis) is 1. The van der Waals surface area contributed by atoms with Gasteiger partial charge in [-0.2, -0.15) is 0 Å². The Morgan fingerprint density at radius 3 is 2.81 bits per heavy atom. The molecule has 3 N–H and O–H groups in total. The summed E-state index contributed by atoms with van der Waals surface area (Å²) in [6.07, 6.45) is -2.01. The Kier molecular flexibility index (Phi) is 6.28. The number of hydrogen-bond acceptors (Lipinski definition) is 6. The standard InChI is InChI=1S/C15H17FN4O5S/c1-8(26)17-6-10-7-20(15(23)25-10)9-3-4-12(11(16)5-9)18-13(21)19-14(22)24-2/h3-5,10H,6-7H2,1-2H3,(H,17,26)(H2,18,19,21,22)/t10-/m0/s1. The Balaban J connectivity index is 2.02. The minimum atomic E-state index is -0.981. The van der Waals surface area contributed by atoms with Crippen molar-refractivity contribution in [3.63, 3.8) is 0 Å². The van der Waals surface area contributed by atoms with E-state index in [0.29, 0.717) is 11.5 Å². The number of nitrogens with zero attached hydrogens (tertiary/aromatic N) is 1. The van der Waals surface area contributed by atoms with Gasteiger partial charge in [0, 0.05) is 0 Å². The predicted octanol–water partition coefficient (Wildman–Crippen LogP) is 1.98. The van der Waals surface area contributed by atoms with Crippen molar-refractivity contribution in [2.24, 2.45) is 0 Å². The number of halogens is 1. The van der Waals surface area contributed by atoms with E-state index in [1.807, 2.05) is 5.32 Å². The number of urea groups is 1. The maximum Gasteiger partial charge on any atom is 0.415 e. The molecule has 4 amide bonds. The lowest BCUT2D eigenvalue weighted by atomic mass is 10.2. The largest absolute Gasteiger partial charge is 0.453 e. The van der Waals surface area contributed by atoms with Gasteiger partial charge in [-0.05, 0) is 25.1 Å². The average Bonchev–Trinajstić information content (AvgIpc) is 2.95. The molecule has 0 aliphatic carbocycles. The molecule has 0 bridgehead atoms. The maximum atomic E-state index is 14.2. The number of hydrogen-bond donors (Lipinski definition) is 3. The van der Waals surface area contributed by atoms with Gasteiger partial charge < -0.3 is 20.1 Å². The molecule has 26 heavy (non-hydrogen) atoms. The normalized spacial score (nSPS) is 15.9. The number of carbonyl (C=O) groups is 3. The van der Waals surface area contributed by atoms with Crippen LogP contribution in [0.4, 0.5) is 30.1 Å². The van der Waals surface area contributed by atoms with Crippen LogP contribution in [0.3, 0.4) is 0 Å². The fourth-order valence-corrected chi connectivity index (χ4v) is 2.25. The first-order valence-corrected chi connectivity index (χ1v) is 7.89. The number of nitrogens with one attached hydrogen (secondary N) is 3. The molecular formula is C15H17FN4O5S. The number of cyclic esters (lactones) is 1. The van der Waals surface area contributed by atoms with Gasteiger partial charge in [0.15, 0.2) is 0 Å². The lowest BCUT2D eigenvalue weighted by Crippen LogP contribution is -2.34. The van der Waals surface area contributed by atoms with Crippen molar-refractivity contribution in [2.75, 3.05) is 30.4 Å². The Bertz CT molecular complexity index is 745. The third-order valence-corrected chi connectivity index (χ3v) is 3.51. The van der Waals surface area contributed by atoms with Gasteiger partial charge in [0.1, 0.15) is 11.9 Å². The lowest BCUT2D eigenvalue weighted by molar-refractivity contribution is 0.143. The van der Waals surface area contributed by atoms with E-state index in [1.54, 1.807) is 6.92 Å². The molecule has 0 aromatic heterocycles. The van der Waals surface area contributed by atoms with Crippen LogP contribution in [0.25, 0.3) is 0 Å². The third kappa shape index (κ3) is 5.02. The summed E-state index contributed by atoms with van der Waals surface area (Å²) in [5, 5.41) is 6.90. The van der Waals surface area contributed by atoms with Crippen LogP contribution in [0, 0.1) is 5.82 Å². The zero-order chi connectivity index (χ0) is 19.3. The number of amides is 4. The minimum Gasteiger partial charge on any atom is -0.453 e. The number of anilines is 2. The van der Waals surface area contributed by atoms with Crippen LogP contribution in [-0.2, 0) is 9.47 Å². The first-order chi connectivity index (χ1) is 12.3. The van der Waals surface area contributed by atoms with Gasteiger partial charge in [-0.3, -0.25) is 4.90 Å². The molecule has 1 aliphatic heterocycles. The van der Waals surface area contributed by atoms with E-state index in [0.717, 1.165) is 13.2 Å². The van der Waals surface area contributed by atoms with E-state index < -0.39 is 30.1 Å². The van der Waals surface area contributed by atoms with E-state index in [1.165, 1.54) is 17.0 Å². The van der Waals surface area contributed by atoms with Crippen LogP contribution in [0.15, 0.2) is 18.2 Å². The van der Waals surface area contributed by atoms with Gasteiger partial charge >= 0.3 is 18.2 Å². The van der Waals surface area contributed by atoms with Crippen LogP contribution in [-0.4, -0.2) is 49.5 Å². The third-order valence-electron chi connectivity index (χ3n) is 3.37. The van der Waals surface area contributed by atoms with Crippen LogP contribution >= 0.6 is 12.2 Å². The van der Waals surface area contributed by atoms with Gasteiger partial charge in [-0.15, -0.1) is 0 Å². The maximum absolute atomic E-state index is 14.2. The van der Waals surface area contributed by atoms with E-state index in [9.17, 15) is 18.8 Å². The van der Waals surface area contributed by atoms with Crippen molar-refractivity contribution in [1.82, 2.24) is 10.6 Å². The topological polar surface area (TPSA) is 109 Å². The molecule has 0 saturated carbocycles. The summed E-state index contributed by atoms with van der Waals surface area (Å²) < 4.78 is 23.6. The van der Waals surface area contributed by atoms with Crippen LogP contribution < -0.4 is 20.9 Å². The highest BCUT2D eigenvalue weighted by Gasteiger charge is 2.32. The van der Waals surface area contributed by atoms with Crippen molar-refractivity contribution < 1.29 is 28.2 Å². The fourth-order valence-electron chi connectivity index (χ4n) is 2.17. The molecule has 1 aliphatic rings. The molecule has 1 atom stereocenters. The van der Waals surface area contributed by atoms with Crippen LogP contribution in [0.1, 0.15) is 6.92 Å². The molecule has 1 heterocycles. The number of imide groups is 1. The first-order valence-electron chi connectivity index (χ1n) is 7.48. The van der Waals surface area contributed by atoms with Crippen LogP contribution in [0.2, 0.25) is 0 Å². The Morgan fingerprint density at radius 1 is 1.46 bits per heavy atom. The van der Waals surface area contributed by atoms with E-state index >= 15 is 0 Å². The van der Waals surface area contributed by atoms with E-state index in [2.05, 4.69) is 15.4 Å². The highest BCUT2D eigenvalue weighted by molar-refractivity contribution is 7.80. The zero-order valence-corrected chi connectivity index (χ0v) is 14.8. The second-order valence-corrected chi connectivity index (χ2v) is 5.90. The van der Waals surface area contributed by atoms with Crippen molar-refractivity contribution in [3.8, 4) is 0 Å². The Hall–Kier alpha value is -2.95. The van der Waals surface area contributed by atoms with Gasteiger partial charge in [0.05, 0.1) is 36.6 Å². The van der Waals surface area contributed by atoms with Crippen molar-refractivity contribution in [1.29, 1.82) is 0 Å². The summed E-state index contributed by atoms with van der Waals surface area (Å²) in [5.74, 6) is -0.786. The van der Waals surface area contributed by atoms with Crippen molar-refractivity contribution >= 4 is 46.8 Å². The quantitative estimate of drug-likeness (QED) is 0.681. The minimum absolute atomic E-state index is 0.169. The smallest absolute Gasteiger partial charge is 0.415 e. The summed E-state index contributed by atoms with van der Waals surface area (Å²) in [5.41, 5.74) is 0.102. The first kappa shape index (κ1) is 19.4. The number of carbonyl (C=O) groups excluding carboxylic acids is 3. The number of benzene rings is 1. The van der Waals surface area contributed by atoms with Crippen molar-refractivity contribution in [2.45, 2.75) is 13.0 Å². The van der Waals surface area contributed by atoms with Gasteiger partial charge in [-0.25, -0.2) is 24.1 Å². The second kappa shape index (κ2) is 8.43. The number of ether oxygens (including phenoxy) is 2. The Morgan fingerprint density at radius 2 is 2.19 bits per heavy atom. The summed E-state index contributed by atoms with van der Waals surface area (Å²) in [4.78, 5) is 36.2. The fraction of sp³-hybridized carbons (Fsp3) is 0.333. The molecule has 0 unspecified atom stereocenters. The highest BCUT2D eigenvalue weighted by atomic mass is 32.1. The highest BCUT2D eigenvalue weighted by Crippen LogP contribution is 2.25. The SMILES string of the molecule is COC(=O)NC(=O)Nc1ccc(N2C[C@H](CNC(C)=S)OC2=O)cc1F. The molecule has 140 valence electrons. The summed E-state index contributed by atoms with van der Waals surface area (Å²) >= 11 is 4.90. The summed E-state index contributed by atoms with van der Waals surface area (Å²) in [6, 6.07) is 2.83. The van der Waals surface area contributed by atoms with E-state index in [4.69, 9.17) is 17.0 Å². The van der Waals surface area contributed by atoms with Crippen molar-refractivity contribution in [3.05, 3.63) is 24.0 Å². The molecule has 0 radical (unpaired) electrons. The van der Waals surface area contributed by atoms with Gasteiger partial charge in [-0.1, -0.05) is 12.2 Å². The number of rotatable bonds is 4. The molecule has 0 spiro atoms.